The summed E-state index contributed by atoms with van der Waals surface area (Å²) < 4.78 is 6.04. The molecular weight excluding hydrogens is 306 g/mol. The minimum Gasteiger partial charge on any atom is -0.393 e. The number of rotatable bonds is 6. The first-order valence-corrected chi connectivity index (χ1v) is 8.70. The zero-order valence-corrected chi connectivity index (χ0v) is 16.8. The van der Waals surface area contributed by atoms with Gasteiger partial charge in [-0.15, -0.1) is 0 Å². The van der Waals surface area contributed by atoms with Crippen molar-refractivity contribution in [1.29, 1.82) is 0 Å². The number of hydrogen-bond donors (Lipinski definition) is 1. The Balaban J connectivity index is 2.99. The highest BCUT2D eigenvalue weighted by atomic mass is 16.5. The van der Waals surface area contributed by atoms with Gasteiger partial charge in [-0.3, -0.25) is 14.5 Å². The number of carbonyl (C=O) groups excluding carboxylic acids is 2. The number of imide groups is 1. The number of aliphatic hydroxyl groups excluding tert-OH is 1. The standard InChI is InChI=1S/C19H35NO4/c1-16(2,3)13-10-14(22)20(15(13)23)17(4,5)11-18(6,7)24-19(8,9)12-21/h13,21H,10-12H2,1-9H3. The molecule has 5 heteroatoms. The predicted octanol–water partition coefficient (Wildman–Crippen LogP) is 3.14. The van der Waals surface area contributed by atoms with Crippen molar-refractivity contribution in [2.75, 3.05) is 6.61 Å². The molecule has 0 spiro atoms. The molecule has 1 aliphatic rings. The van der Waals surface area contributed by atoms with Crippen LogP contribution in [0.3, 0.4) is 0 Å². The summed E-state index contributed by atoms with van der Waals surface area (Å²) in [5.41, 5.74) is -2.14. The first-order valence-electron chi connectivity index (χ1n) is 8.70. The summed E-state index contributed by atoms with van der Waals surface area (Å²) in [6.07, 6.45) is 0.771. The summed E-state index contributed by atoms with van der Waals surface area (Å²) in [4.78, 5) is 26.8. The molecule has 0 aromatic rings. The summed E-state index contributed by atoms with van der Waals surface area (Å²) in [5.74, 6) is -0.473. The zero-order valence-electron chi connectivity index (χ0n) is 16.8. The molecule has 5 nitrogen and oxygen atoms in total. The molecule has 0 aromatic heterocycles. The first kappa shape index (κ1) is 21.1. The maximum atomic E-state index is 12.9. The van der Waals surface area contributed by atoms with Crippen LogP contribution in [0.15, 0.2) is 0 Å². The lowest BCUT2D eigenvalue weighted by atomic mass is 9.79. The van der Waals surface area contributed by atoms with E-state index in [9.17, 15) is 14.7 Å². The van der Waals surface area contributed by atoms with Gasteiger partial charge in [-0.05, 0) is 53.4 Å². The van der Waals surface area contributed by atoms with E-state index in [0.717, 1.165) is 0 Å². The van der Waals surface area contributed by atoms with E-state index in [2.05, 4.69) is 0 Å². The normalized spacial score (nSPS) is 20.9. The van der Waals surface area contributed by atoms with Crippen LogP contribution in [-0.2, 0) is 14.3 Å². The van der Waals surface area contributed by atoms with Crippen molar-refractivity contribution in [3.63, 3.8) is 0 Å². The lowest BCUT2D eigenvalue weighted by Gasteiger charge is -2.43. The summed E-state index contributed by atoms with van der Waals surface area (Å²) in [7, 11) is 0. The monoisotopic (exact) mass is 341 g/mol. The van der Waals surface area contributed by atoms with E-state index >= 15 is 0 Å². The van der Waals surface area contributed by atoms with Crippen LogP contribution in [0.1, 0.15) is 75.2 Å². The maximum absolute atomic E-state index is 12.9. The third-order valence-electron chi connectivity index (χ3n) is 4.59. The fraction of sp³-hybridized carbons (Fsp3) is 0.895. The van der Waals surface area contributed by atoms with E-state index in [-0.39, 0.29) is 36.2 Å². The van der Waals surface area contributed by atoms with Crippen molar-refractivity contribution in [2.45, 2.75) is 91.9 Å². The molecule has 24 heavy (non-hydrogen) atoms. The molecule has 0 radical (unpaired) electrons. The number of ether oxygens (including phenoxy) is 1. The van der Waals surface area contributed by atoms with Gasteiger partial charge in [0.15, 0.2) is 0 Å². The molecular formula is C19H35NO4. The largest absolute Gasteiger partial charge is 0.393 e. The number of hydrogen-bond acceptors (Lipinski definition) is 4. The molecule has 1 atom stereocenters. The predicted molar refractivity (Wildman–Crippen MR) is 94.4 cm³/mol. The van der Waals surface area contributed by atoms with Crippen LogP contribution < -0.4 is 0 Å². The molecule has 1 saturated heterocycles. The van der Waals surface area contributed by atoms with E-state index in [1.807, 2.05) is 62.3 Å². The van der Waals surface area contributed by atoms with Gasteiger partial charge in [0.05, 0.1) is 23.7 Å². The molecule has 2 amide bonds. The highest BCUT2D eigenvalue weighted by Crippen LogP contribution is 2.41. The minimum absolute atomic E-state index is 0.0882. The van der Waals surface area contributed by atoms with Crippen LogP contribution in [0.5, 0.6) is 0 Å². The fourth-order valence-corrected chi connectivity index (χ4v) is 3.88. The topological polar surface area (TPSA) is 66.8 Å². The lowest BCUT2D eigenvalue weighted by molar-refractivity contribution is -0.164. The smallest absolute Gasteiger partial charge is 0.233 e. The van der Waals surface area contributed by atoms with Crippen molar-refractivity contribution < 1.29 is 19.4 Å². The summed E-state index contributed by atoms with van der Waals surface area (Å²) in [6, 6.07) is 0. The summed E-state index contributed by atoms with van der Waals surface area (Å²) >= 11 is 0. The van der Waals surface area contributed by atoms with Crippen molar-refractivity contribution in [3.05, 3.63) is 0 Å². The number of carbonyl (C=O) groups is 2. The lowest BCUT2D eigenvalue weighted by Crippen LogP contribution is -2.53. The van der Waals surface area contributed by atoms with E-state index in [4.69, 9.17) is 4.74 Å². The molecule has 0 aromatic carbocycles. The van der Waals surface area contributed by atoms with Gasteiger partial charge in [0, 0.05) is 12.0 Å². The number of nitrogens with zero attached hydrogens (tertiary/aromatic N) is 1. The highest BCUT2D eigenvalue weighted by Gasteiger charge is 2.51. The van der Waals surface area contributed by atoms with E-state index < -0.39 is 16.7 Å². The Morgan fingerprint density at radius 2 is 1.50 bits per heavy atom. The third kappa shape index (κ3) is 4.79. The molecule has 1 fully saturated rings. The Morgan fingerprint density at radius 3 is 1.88 bits per heavy atom. The molecule has 1 rings (SSSR count). The Morgan fingerprint density at radius 1 is 1.00 bits per heavy atom. The molecule has 1 unspecified atom stereocenters. The van der Waals surface area contributed by atoms with Gasteiger partial charge in [-0.2, -0.15) is 0 Å². The molecule has 0 bridgehead atoms. The molecule has 0 aliphatic carbocycles. The molecule has 1 N–H and O–H groups in total. The SMILES string of the molecule is CC(C)(CO)OC(C)(C)CC(C)(C)N1C(=O)CC(C(C)(C)C)C1=O. The average molecular weight is 341 g/mol. The number of aliphatic hydroxyl groups is 1. The van der Waals surface area contributed by atoms with Crippen LogP contribution >= 0.6 is 0 Å². The van der Waals surface area contributed by atoms with Gasteiger partial charge < -0.3 is 9.84 Å². The molecule has 1 aliphatic heterocycles. The Hall–Kier alpha value is -0.940. The number of amides is 2. The van der Waals surface area contributed by atoms with Crippen molar-refractivity contribution in [1.82, 2.24) is 4.90 Å². The van der Waals surface area contributed by atoms with Crippen LogP contribution in [0.25, 0.3) is 0 Å². The highest BCUT2D eigenvalue weighted by molar-refractivity contribution is 6.04. The fourth-order valence-electron chi connectivity index (χ4n) is 3.88. The summed E-state index contributed by atoms with van der Waals surface area (Å²) in [5, 5.41) is 9.43. The average Bonchev–Trinajstić information content (AvgIpc) is 2.62. The quantitative estimate of drug-likeness (QED) is 0.754. The van der Waals surface area contributed by atoms with Gasteiger partial charge in [-0.25, -0.2) is 0 Å². The third-order valence-corrected chi connectivity index (χ3v) is 4.59. The Bertz CT molecular complexity index is 500. The van der Waals surface area contributed by atoms with Crippen molar-refractivity contribution in [2.24, 2.45) is 11.3 Å². The minimum atomic E-state index is -0.674. The van der Waals surface area contributed by atoms with E-state index in [0.29, 0.717) is 6.42 Å². The van der Waals surface area contributed by atoms with Crippen molar-refractivity contribution >= 4 is 11.8 Å². The second-order valence-corrected chi connectivity index (χ2v) is 9.96. The van der Waals surface area contributed by atoms with Crippen LogP contribution in [0.4, 0.5) is 0 Å². The van der Waals surface area contributed by atoms with E-state index in [1.54, 1.807) is 0 Å². The van der Waals surface area contributed by atoms with Crippen molar-refractivity contribution in [3.8, 4) is 0 Å². The Kier molecular flexibility index (Phi) is 5.64. The van der Waals surface area contributed by atoms with Gasteiger partial charge in [0.2, 0.25) is 11.8 Å². The Labute approximate surface area is 146 Å². The second-order valence-electron chi connectivity index (χ2n) is 9.96. The maximum Gasteiger partial charge on any atom is 0.233 e. The van der Waals surface area contributed by atoms with Gasteiger partial charge in [-0.1, -0.05) is 20.8 Å². The van der Waals surface area contributed by atoms with Gasteiger partial charge in [0.25, 0.3) is 0 Å². The van der Waals surface area contributed by atoms with Crippen LogP contribution in [-0.4, -0.2) is 45.2 Å². The van der Waals surface area contributed by atoms with Gasteiger partial charge >= 0.3 is 0 Å². The first-order chi connectivity index (χ1) is 10.5. The summed E-state index contributed by atoms with van der Waals surface area (Å²) in [6.45, 7) is 17.2. The molecule has 0 saturated carbocycles. The second kappa shape index (κ2) is 6.41. The number of likely N-dealkylation sites (tertiary alicyclic amines) is 1. The van der Waals surface area contributed by atoms with E-state index in [1.165, 1.54) is 4.90 Å². The zero-order chi connectivity index (χ0) is 19.1. The molecule has 140 valence electrons. The van der Waals surface area contributed by atoms with Crippen LogP contribution in [0, 0.1) is 11.3 Å². The van der Waals surface area contributed by atoms with Crippen LogP contribution in [0.2, 0.25) is 0 Å². The molecule has 1 heterocycles. The van der Waals surface area contributed by atoms with Gasteiger partial charge in [0.1, 0.15) is 0 Å².